The van der Waals surface area contributed by atoms with Crippen molar-refractivity contribution in [3.05, 3.63) is 54.6 Å². The van der Waals surface area contributed by atoms with Crippen molar-refractivity contribution in [3.63, 3.8) is 0 Å². The van der Waals surface area contributed by atoms with Crippen LogP contribution < -0.4 is 10.0 Å². The van der Waals surface area contributed by atoms with E-state index in [0.717, 1.165) is 31.5 Å². The Balaban J connectivity index is 1.69. The van der Waals surface area contributed by atoms with Gasteiger partial charge in [-0.2, -0.15) is 13.2 Å². The molecule has 7 nitrogen and oxygen atoms in total. The fourth-order valence-electron chi connectivity index (χ4n) is 3.30. The molecule has 2 N–H and O–H groups in total. The van der Waals surface area contributed by atoms with E-state index in [-0.39, 0.29) is 10.7 Å². The Bertz CT molecular complexity index is 1190. The summed E-state index contributed by atoms with van der Waals surface area (Å²) < 4.78 is 67.5. The number of nitrogens with one attached hydrogen (secondary N) is 2. The predicted molar refractivity (Wildman–Crippen MR) is 109 cm³/mol. The molecule has 1 saturated carbocycles. The van der Waals surface area contributed by atoms with Gasteiger partial charge in [-0.3, -0.25) is 0 Å². The van der Waals surface area contributed by atoms with Crippen LogP contribution in [0.5, 0.6) is 0 Å². The van der Waals surface area contributed by atoms with Gasteiger partial charge in [0, 0.05) is 29.7 Å². The van der Waals surface area contributed by atoms with Gasteiger partial charge >= 0.3 is 6.18 Å². The summed E-state index contributed by atoms with van der Waals surface area (Å²) in [4.78, 5) is 8.24. The zero-order chi connectivity index (χ0) is 22.2. The standard InChI is InChI=1S/C20H20F3N5O2S/c1-24-31(29,30)18-7-6-14(27-19-8-5-13(10-25-19)20(21,22)23)9-16(18)17-11-28(12-26-17)15-3-2-4-15/h5-12,15,24H,2-4H2,1H3,(H,25,27). The number of rotatable bonds is 6. The fraction of sp³-hybridized carbons (Fsp3) is 0.300. The van der Waals surface area contributed by atoms with Crippen LogP contribution in [0, 0.1) is 0 Å². The lowest BCUT2D eigenvalue weighted by atomic mass is 9.93. The second kappa shape index (κ2) is 7.97. The maximum Gasteiger partial charge on any atom is 0.417 e. The summed E-state index contributed by atoms with van der Waals surface area (Å²) in [5.74, 6) is 0.197. The first kappa shape index (κ1) is 21.3. The van der Waals surface area contributed by atoms with E-state index in [1.807, 2.05) is 10.8 Å². The Kier molecular flexibility index (Phi) is 5.48. The van der Waals surface area contributed by atoms with Crippen LogP contribution in [0.25, 0.3) is 11.3 Å². The normalized spacial score (nSPS) is 15.0. The zero-order valence-electron chi connectivity index (χ0n) is 16.5. The molecule has 1 fully saturated rings. The summed E-state index contributed by atoms with van der Waals surface area (Å²) >= 11 is 0. The lowest BCUT2D eigenvalue weighted by Gasteiger charge is -2.26. The van der Waals surface area contributed by atoms with E-state index in [2.05, 4.69) is 20.0 Å². The molecule has 4 rings (SSSR count). The van der Waals surface area contributed by atoms with Crippen molar-refractivity contribution >= 4 is 21.5 Å². The molecule has 0 radical (unpaired) electrons. The minimum atomic E-state index is -4.47. The fourth-order valence-corrected chi connectivity index (χ4v) is 4.22. The monoisotopic (exact) mass is 451 g/mol. The van der Waals surface area contributed by atoms with Gasteiger partial charge in [-0.05, 0) is 56.6 Å². The second-order valence-electron chi connectivity index (χ2n) is 7.26. The molecule has 0 aliphatic heterocycles. The molecule has 0 saturated heterocycles. The van der Waals surface area contributed by atoms with Crippen molar-refractivity contribution in [1.29, 1.82) is 0 Å². The molecule has 0 spiro atoms. The number of nitrogens with zero attached hydrogens (tertiary/aromatic N) is 3. The molecule has 0 unspecified atom stereocenters. The quantitative estimate of drug-likeness (QED) is 0.582. The van der Waals surface area contributed by atoms with Crippen molar-refractivity contribution in [3.8, 4) is 11.3 Å². The van der Waals surface area contributed by atoms with E-state index in [1.165, 1.54) is 25.2 Å². The summed E-state index contributed by atoms with van der Waals surface area (Å²) in [6.07, 6.45) is 3.03. The van der Waals surface area contributed by atoms with Crippen LogP contribution in [0.4, 0.5) is 24.7 Å². The highest BCUT2D eigenvalue weighted by molar-refractivity contribution is 7.89. The molecule has 2 aromatic heterocycles. The topological polar surface area (TPSA) is 88.9 Å². The molecule has 2 heterocycles. The van der Waals surface area contributed by atoms with E-state index < -0.39 is 21.8 Å². The predicted octanol–water partition coefficient (Wildman–Crippen LogP) is 4.34. The third-order valence-electron chi connectivity index (χ3n) is 5.27. The lowest BCUT2D eigenvalue weighted by molar-refractivity contribution is -0.137. The summed E-state index contributed by atoms with van der Waals surface area (Å²) in [7, 11) is -2.44. The van der Waals surface area contributed by atoms with Crippen LogP contribution >= 0.6 is 0 Å². The van der Waals surface area contributed by atoms with E-state index in [0.29, 0.717) is 23.0 Å². The van der Waals surface area contributed by atoms with E-state index in [1.54, 1.807) is 12.4 Å². The van der Waals surface area contributed by atoms with Crippen LogP contribution in [0.3, 0.4) is 0 Å². The largest absolute Gasteiger partial charge is 0.417 e. The average molecular weight is 451 g/mol. The minimum Gasteiger partial charge on any atom is -0.340 e. The highest BCUT2D eigenvalue weighted by Crippen LogP contribution is 2.35. The Labute approximate surface area is 177 Å². The first-order valence-electron chi connectivity index (χ1n) is 9.59. The molecule has 1 aliphatic rings. The molecular weight excluding hydrogens is 431 g/mol. The number of hydrogen-bond donors (Lipinski definition) is 2. The molecule has 1 aromatic carbocycles. The summed E-state index contributed by atoms with van der Waals surface area (Å²) in [5.41, 5.74) is 0.486. The zero-order valence-corrected chi connectivity index (χ0v) is 17.3. The minimum absolute atomic E-state index is 0.0554. The summed E-state index contributed by atoms with van der Waals surface area (Å²) in [6, 6.07) is 7.05. The number of halogens is 3. The number of alkyl halides is 3. The number of anilines is 2. The smallest absolute Gasteiger partial charge is 0.340 e. The second-order valence-corrected chi connectivity index (χ2v) is 9.12. The molecule has 1 aliphatic carbocycles. The van der Waals surface area contributed by atoms with E-state index >= 15 is 0 Å². The Morgan fingerprint density at radius 3 is 2.48 bits per heavy atom. The van der Waals surface area contributed by atoms with Gasteiger partial charge in [0.05, 0.1) is 22.5 Å². The van der Waals surface area contributed by atoms with Crippen LogP contribution in [-0.4, -0.2) is 30.0 Å². The van der Waals surface area contributed by atoms with Crippen molar-refractivity contribution in [2.45, 2.75) is 36.4 Å². The van der Waals surface area contributed by atoms with Gasteiger partial charge in [-0.1, -0.05) is 0 Å². The molecular formula is C20H20F3N5O2S. The van der Waals surface area contributed by atoms with Gasteiger partial charge < -0.3 is 9.88 Å². The highest BCUT2D eigenvalue weighted by Gasteiger charge is 2.30. The third-order valence-corrected chi connectivity index (χ3v) is 6.75. The van der Waals surface area contributed by atoms with Crippen LogP contribution in [0.2, 0.25) is 0 Å². The first-order chi connectivity index (χ1) is 14.7. The number of aromatic nitrogens is 3. The van der Waals surface area contributed by atoms with Crippen molar-refractivity contribution in [1.82, 2.24) is 19.3 Å². The van der Waals surface area contributed by atoms with Crippen molar-refractivity contribution < 1.29 is 21.6 Å². The van der Waals surface area contributed by atoms with Gasteiger partial charge in [0.2, 0.25) is 10.0 Å². The van der Waals surface area contributed by atoms with Gasteiger partial charge in [0.1, 0.15) is 5.82 Å². The van der Waals surface area contributed by atoms with E-state index in [4.69, 9.17) is 0 Å². The number of hydrogen-bond acceptors (Lipinski definition) is 5. The molecule has 164 valence electrons. The number of imidazole rings is 1. The highest BCUT2D eigenvalue weighted by atomic mass is 32.2. The maximum atomic E-state index is 12.7. The average Bonchev–Trinajstić information content (AvgIpc) is 3.15. The summed E-state index contributed by atoms with van der Waals surface area (Å²) in [6.45, 7) is 0. The van der Waals surface area contributed by atoms with Gasteiger partial charge in [-0.25, -0.2) is 23.1 Å². The van der Waals surface area contributed by atoms with Crippen LogP contribution in [-0.2, 0) is 16.2 Å². The number of sulfonamides is 1. The number of benzene rings is 1. The van der Waals surface area contributed by atoms with Crippen LogP contribution in [0.1, 0.15) is 30.9 Å². The SMILES string of the molecule is CNS(=O)(=O)c1ccc(Nc2ccc(C(F)(F)F)cn2)cc1-c1cn(C2CCC2)cn1. The third kappa shape index (κ3) is 4.42. The molecule has 31 heavy (non-hydrogen) atoms. The molecule has 0 amide bonds. The molecule has 0 atom stereocenters. The molecule has 3 aromatic rings. The van der Waals surface area contributed by atoms with E-state index in [9.17, 15) is 21.6 Å². The van der Waals surface area contributed by atoms with Gasteiger partial charge in [-0.15, -0.1) is 0 Å². The summed E-state index contributed by atoms with van der Waals surface area (Å²) in [5, 5.41) is 2.91. The first-order valence-corrected chi connectivity index (χ1v) is 11.1. The van der Waals surface area contributed by atoms with Gasteiger partial charge in [0.15, 0.2) is 0 Å². The lowest BCUT2D eigenvalue weighted by Crippen LogP contribution is -2.19. The van der Waals surface area contributed by atoms with Crippen molar-refractivity contribution in [2.75, 3.05) is 12.4 Å². The van der Waals surface area contributed by atoms with Crippen LogP contribution in [0.15, 0.2) is 53.9 Å². The molecule has 11 heteroatoms. The van der Waals surface area contributed by atoms with Gasteiger partial charge in [0.25, 0.3) is 0 Å². The Morgan fingerprint density at radius 1 is 1.13 bits per heavy atom. The number of pyridine rings is 1. The van der Waals surface area contributed by atoms with Crippen molar-refractivity contribution in [2.24, 2.45) is 0 Å². The maximum absolute atomic E-state index is 12.7. The Morgan fingerprint density at radius 2 is 1.90 bits per heavy atom. The molecule has 0 bridgehead atoms. The Hall–Kier alpha value is -2.92.